The fraction of sp³-hybridized carbons (Fsp3) is 0.562. The lowest BCUT2D eigenvalue weighted by atomic mass is 9.86. The van der Waals surface area contributed by atoms with Crippen molar-refractivity contribution in [3.05, 3.63) is 35.4 Å². The van der Waals surface area contributed by atoms with E-state index in [-0.39, 0.29) is 11.3 Å². The molecule has 0 aliphatic heterocycles. The highest BCUT2D eigenvalue weighted by Crippen LogP contribution is 2.22. The zero-order valence-corrected chi connectivity index (χ0v) is 12.9. The first-order valence-corrected chi connectivity index (χ1v) is 6.92. The van der Waals surface area contributed by atoms with Crippen LogP contribution in [0.2, 0.25) is 0 Å². The third kappa shape index (κ3) is 6.17. The number of hydrogen-bond acceptors (Lipinski definition) is 3. The Morgan fingerprint density at radius 3 is 2.35 bits per heavy atom. The largest absolute Gasteiger partial charge is 0.382 e. The molecule has 0 saturated carbocycles. The Morgan fingerprint density at radius 1 is 1.15 bits per heavy atom. The standard InChI is InChI=1S/C16H25NO3/c1-16(2,3)14-8-5-13(6-9-14)7-10-15(18)17-20-12-11-19-4/h5-6,8-9H,7,10-12H2,1-4H3,(H,17,18). The Morgan fingerprint density at radius 2 is 1.80 bits per heavy atom. The van der Waals surface area contributed by atoms with Crippen molar-refractivity contribution in [1.82, 2.24) is 5.48 Å². The number of amides is 1. The van der Waals surface area contributed by atoms with E-state index in [0.717, 1.165) is 5.56 Å². The lowest BCUT2D eigenvalue weighted by Gasteiger charge is -2.19. The number of carbonyl (C=O) groups is 1. The number of aryl methyl sites for hydroxylation is 1. The van der Waals surface area contributed by atoms with Crippen molar-refractivity contribution < 1.29 is 14.4 Å². The van der Waals surface area contributed by atoms with E-state index in [9.17, 15) is 4.79 Å². The molecule has 1 N–H and O–H groups in total. The summed E-state index contributed by atoms with van der Waals surface area (Å²) in [7, 11) is 1.59. The summed E-state index contributed by atoms with van der Waals surface area (Å²) in [5.41, 5.74) is 5.02. The molecule has 20 heavy (non-hydrogen) atoms. The van der Waals surface area contributed by atoms with E-state index in [1.54, 1.807) is 7.11 Å². The van der Waals surface area contributed by atoms with Crippen LogP contribution in [0.1, 0.15) is 38.3 Å². The normalized spacial score (nSPS) is 11.4. The highest BCUT2D eigenvalue weighted by atomic mass is 16.7. The minimum absolute atomic E-state index is 0.110. The maximum Gasteiger partial charge on any atom is 0.243 e. The van der Waals surface area contributed by atoms with Crippen molar-refractivity contribution in [2.45, 2.75) is 39.0 Å². The average molecular weight is 279 g/mol. The van der Waals surface area contributed by atoms with E-state index in [1.807, 2.05) is 0 Å². The van der Waals surface area contributed by atoms with E-state index < -0.39 is 0 Å². The Kier molecular flexibility index (Phi) is 6.68. The van der Waals surface area contributed by atoms with Gasteiger partial charge in [0.1, 0.15) is 0 Å². The van der Waals surface area contributed by atoms with Gasteiger partial charge < -0.3 is 4.74 Å². The van der Waals surface area contributed by atoms with Crippen molar-refractivity contribution in [2.24, 2.45) is 0 Å². The molecule has 0 radical (unpaired) electrons. The highest BCUT2D eigenvalue weighted by molar-refractivity contribution is 5.75. The Balaban J connectivity index is 2.33. The van der Waals surface area contributed by atoms with Crippen molar-refractivity contribution in [3.8, 4) is 0 Å². The second-order valence-electron chi connectivity index (χ2n) is 5.81. The fourth-order valence-electron chi connectivity index (χ4n) is 1.74. The Labute approximate surface area is 121 Å². The topological polar surface area (TPSA) is 47.6 Å². The SMILES string of the molecule is COCCONC(=O)CCc1ccc(C(C)(C)C)cc1. The fourth-order valence-corrected chi connectivity index (χ4v) is 1.74. The summed E-state index contributed by atoms with van der Waals surface area (Å²) in [5.74, 6) is -0.110. The lowest BCUT2D eigenvalue weighted by molar-refractivity contribution is -0.134. The molecule has 0 aliphatic carbocycles. The van der Waals surface area contributed by atoms with Gasteiger partial charge in [-0.15, -0.1) is 0 Å². The predicted molar refractivity (Wildman–Crippen MR) is 79.4 cm³/mol. The quantitative estimate of drug-likeness (QED) is 0.616. The molecule has 0 fully saturated rings. The van der Waals surface area contributed by atoms with Gasteiger partial charge in [-0.1, -0.05) is 45.0 Å². The number of hydroxylamine groups is 1. The van der Waals surface area contributed by atoms with Crippen LogP contribution >= 0.6 is 0 Å². The van der Waals surface area contributed by atoms with Gasteiger partial charge >= 0.3 is 0 Å². The second kappa shape index (κ2) is 8.02. The molecule has 0 aliphatic rings. The van der Waals surface area contributed by atoms with Crippen molar-refractivity contribution in [2.75, 3.05) is 20.3 Å². The van der Waals surface area contributed by atoms with Crippen LogP contribution in [0.25, 0.3) is 0 Å². The van der Waals surface area contributed by atoms with Crippen LogP contribution in [0.15, 0.2) is 24.3 Å². The molecule has 4 nitrogen and oxygen atoms in total. The molecule has 0 heterocycles. The van der Waals surface area contributed by atoms with Crippen molar-refractivity contribution >= 4 is 5.91 Å². The molecule has 112 valence electrons. The Hall–Kier alpha value is -1.39. The predicted octanol–water partition coefficient (Wildman–Crippen LogP) is 2.61. The number of rotatable bonds is 7. The summed E-state index contributed by atoms with van der Waals surface area (Å²) in [6.07, 6.45) is 1.13. The number of ether oxygens (including phenoxy) is 1. The molecule has 1 aromatic carbocycles. The first-order valence-electron chi connectivity index (χ1n) is 6.92. The minimum Gasteiger partial charge on any atom is -0.382 e. The Bertz CT molecular complexity index is 407. The summed E-state index contributed by atoms with van der Waals surface area (Å²) < 4.78 is 4.82. The molecular formula is C16H25NO3. The van der Waals surface area contributed by atoms with E-state index in [1.165, 1.54) is 5.56 Å². The zero-order chi connectivity index (χ0) is 15.0. The third-order valence-electron chi connectivity index (χ3n) is 3.04. The third-order valence-corrected chi connectivity index (χ3v) is 3.04. The van der Waals surface area contributed by atoms with Crippen LogP contribution < -0.4 is 5.48 Å². The number of methoxy groups -OCH3 is 1. The van der Waals surface area contributed by atoms with Crippen LogP contribution in [0.5, 0.6) is 0 Å². The van der Waals surface area contributed by atoms with Gasteiger partial charge in [-0.3, -0.25) is 9.63 Å². The highest BCUT2D eigenvalue weighted by Gasteiger charge is 2.12. The van der Waals surface area contributed by atoms with E-state index in [0.29, 0.717) is 26.1 Å². The molecule has 0 unspecified atom stereocenters. The summed E-state index contributed by atoms with van der Waals surface area (Å²) in [6, 6.07) is 8.42. The molecule has 1 aromatic rings. The molecule has 1 amide bonds. The molecule has 4 heteroatoms. The second-order valence-corrected chi connectivity index (χ2v) is 5.81. The number of hydrogen-bond donors (Lipinski definition) is 1. The summed E-state index contributed by atoms with van der Waals surface area (Å²) in [5, 5.41) is 0. The first kappa shape index (κ1) is 16.7. The summed E-state index contributed by atoms with van der Waals surface area (Å²) >= 11 is 0. The maximum absolute atomic E-state index is 11.5. The van der Waals surface area contributed by atoms with Crippen molar-refractivity contribution in [1.29, 1.82) is 0 Å². The van der Waals surface area contributed by atoms with Crippen LogP contribution in [0.3, 0.4) is 0 Å². The summed E-state index contributed by atoms with van der Waals surface area (Å²) in [4.78, 5) is 16.5. The number of nitrogens with one attached hydrogen (secondary N) is 1. The van der Waals surface area contributed by atoms with Gasteiger partial charge in [-0.05, 0) is 23.0 Å². The minimum atomic E-state index is -0.110. The molecule has 0 bridgehead atoms. The average Bonchev–Trinajstić information content (AvgIpc) is 2.41. The zero-order valence-electron chi connectivity index (χ0n) is 12.9. The van der Waals surface area contributed by atoms with E-state index >= 15 is 0 Å². The van der Waals surface area contributed by atoms with E-state index in [2.05, 4.69) is 50.5 Å². The van der Waals surface area contributed by atoms with Gasteiger partial charge in [0.15, 0.2) is 0 Å². The van der Waals surface area contributed by atoms with Gasteiger partial charge in [0.25, 0.3) is 0 Å². The van der Waals surface area contributed by atoms with Gasteiger partial charge in [-0.2, -0.15) is 0 Å². The van der Waals surface area contributed by atoms with Crippen LogP contribution in [-0.2, 0) is 26.2 Å². The van der Waals surface area contributed by atoms with Gasteiger partial charge in [0, 0.05) is 13.5 Å². The number of carbonyl (C=O) groups excluding carboxylic acids is 1. The molecule has 1 rings (SSSR count). The maximum atomic E-state index is 11.5. The van der Waals surface area contributed by atoms with Crippen LogP contribution in [-0.4, -0.2) is 26.2 Å². The van der Waals surface area contributed by atoms with Crippen LogP contribution in [0.4, 0.5) is 0 Å². The number of benzene rings is 1. The molecule has 0 aromatic heterocycles. The van der Waals surface area contributed by atoms with Crippen LogP contribution in [0, 0.1) is 0 Å². The van der Waals surface area contributed by atoms with Gasteiger partial charge in [0.2, 0.25) is 5.91 Å². The molecule has 0 spiro atoms. The van der Waals surface area contributed by atoms with E-state index in [4.69, 9.17) is 9.57 Å². The monoisotopic (exact) mass is 279 g/mol. The van der Waals surface area contributed by atoms with Gasteiger partial charge in [-0.25, -0.2) is 5.48 Å². The molecule has 0 saturated heterocycles. The lowest BCUT2D eigenvalue weighted by Crippen LogP contribution is -2.25. The first-order chi connectivity index (χ1) is 9.43. The van der Waals surface area contributed by atoms with Crippen molar-refractivity contribution in [3.63, 3.8) is 0 Å². The van der Waals surface area contributed by atoms with Gasteiger partial charge in [0.05, 0.1) is 13.2 Å². The molecular weight excluding hydrogens is 254 g/mol. The molecule has 0 atom stereocenters. The summed E-state index contributed by atoms with van der Waals surface area (Å²) in [6.45, 7) is 7.39. The smallest absolute Gasteiger partial charge is 0.243 e.